The lowest BCUT2D eigenvalue weighted by Gasteiger charge is -2.32. The molecule has 110 valence electrons. The molecule has 0 radical (unpaired) electrons. The van der Waals surface area contributed by atoms with Crippen LogP contribution in [0.2, 0.25) is 0 Å². The predicted molar refractivity (Wildman–Crippen MR) is 80.9 cm³/mol. The molecule has 1 fully saturated rings. The number of aliphatic carboxylic acids is 1. The number of rotatable bonds is 4. The highest BCUT2D eigenvalue weighted by molar-refractivity contribution is 5.67. The zero-order chi connectivity index (χ0) is 14.7. The molecule has 1 unspecified atom stereocenters. The van der Waals surface area contributed by atoms with Crippen LogP contribution in [-0.2, 0) is 11.3 Å². The van der Waals surface area contributed by atoms with Gasteiger partial charge in [0.1, 0.15) is 0 Å². The van der Waals surface area contributed by atoms with Gasteiger partial charge in [-0.2, -0.15) is 0 Å². The first kappa shape index (κ1) is 15.0. The maximum absolute atomic E-state index is 10.9. The van der Waals surface area contributed by atoms with E-state index in [1.165, 1.54) is 22.3 Å². The van der Waals surface area contributed by atoms with Gasteiger partial charge in [-0.1, -0.05) is 12.1 Å². The normalized spacial score (nSPS) is 20.1. The van der Waals surface area contributed by atoms with Crippen LogP contribution < -0.4 is 0 Å². The van der Waals surface area contributed by atoms with Crippen LogP contribution in [0.5, 0.6) is 0 Å². The van der Waals surface area contributed by atoms with Crippen LogP contribution in [0.4, 0.5) is 0 Å². The molecule has 0 aliphatic carbocycles. The van der Waals surface area contributed by atoms with Crippen molar-refractivity contribution >= 4 is 5.97 Å². The third-order valence-corrected chi connectivity index (χ3v) is 4.41. The number of nitrogens with zero attached hydrogens (tertiary/aromatic N) is 1. The third-order valence-electron chi connectivity index (χ3n) is 4.41. The zero-order valence-corrected chi connectivity index (χ0v) is 12.8. The fourth-order valence-electron chi connectivity index (χ4n) is 3.14. The van der Waals surface area contributed by atoms with E-state index in [0.717, 1.165) is 32.5 Å². The Morgan fingerprint density at radius 1 is 1.25 bits per heavy atom. The van der Waals surface area contributed by atoms with E-state index in [1.54, 1.807) is 0 Å². The molecule has 1 aromatic rings. The number of aryl methyl sites for hydroxylation is 3. The van der Waals surface area contributed by atoms with Gasteiger partial charge in [0.05, 0.1) is 0 Å². The minimum atomic E-state index is -0.667. The van der Waals surface area contributed by atoms with Gasteiger partial charge in [-0.15, -0.1) is 0 Å². The summed E-state index contributed by atoms with van der Waals surface area (Å²) in [4.78, 5) is 13.3. The Balaban J connectivity index is 2.02. The fourth-order valence-corrected chi connectivity index (χ4v) is 3.14. The van der Waals surface area contributed by atoms with Crippen LogP contribution in [0.1, 0.15) is 41.5 Å². The van der Waals surface area contributed by atoms with Gasteiger partial charge in [-0.25, -0.2) is 0 Å². The first-order chi connectivity index (χ1) is 9.45. The summed E-state index contributed by atoms with van der Waals surface area (Å²) in [5, 5.41) is 8.93. The van der Waals surface area contributed by atoms with Crippen molar-refractivity contribution in [3.8, 4) is 0 Å². The highest BCUT2D eigenvalue weighted by Gasteiger charge is 2.22. The van der Waals surface area contributed by atoms with Gasteiger partial charge in [0.25, 0.3) is 0 Å². The summed E-state index contributed by atoms with van der Waals surface area (Å²) in [6.07, 6.45) is 2.47. The van der Waals surface area contributed by atoms with Crippen LogP contribution in [0.25, 0.3) is 0 Å². The third kappa shape index (κ3) is 3.83. The van der Waals surface area contributed by atoms with E-state index in [2.05, 4.69) is 37.8 Å². The minimum Gasteiger partial charge on any atom is -0.481 e. The topological polar surface area (TPSA) is 40.5 Å². The Morgan fingerprint density at radius 3 is 2.65 bits per heavy atom. The van der Waals surface area contributed by atoms with Crippen molar-refractivity contribution in [1.29, 1.82) is 0 Å². The molecular weight excluding hydrogens is 250 g/mol. The summed E-state index contributed by atoms with van der Waals surface area (Å²) in [5.41, 5.74) is 5.40. The molecule has 1 atom stereocenters. The van der Waals surface area contributed by atoms with Crippen molar-refractivity contribution in [2.24, 2.45) is 5.92 Å². The zero-order valence-electron chi connectivity index (χ0n) is 12.8. The first-order valence-corrected chi connectivity index (χ1v) is 7.46. The molecule has 1 heterocycles. The van der Waals surface area contributed by atoms with Gasteiger partial charge in [-0.05, 0) is 68.3 Å². The van der Waals surface area contributed by atoms with Crippen molar-refractivity contribution < 1.29 is 9.90 Å². The summed E-state index contributed by atoms with van der Waals surface area (Å²) in [5.74, 6) is -0.354. The largest absolute Gasteiger partial charge is 0.481 e. The number of hydrogen-bond acceptors (Lipinski definition) is 2. The molecule has 0 bridgehead atoms. The van der Waals surface area contributed by atoms with Crippen molar-refractivity contribution in [3.05, 3.63) is 34.4 Å². The maximum atomic E-state index is 10.9. The number of piperidine rings is 1. The number of benzene rings is 1. The Kier molecular flexibility index (Phi) is 4.81. The Morgan fingerprint density at radius 2 is 1.95 bits per heavy atom. The fraction of sp³-hybridized carbons (Fsp3) is 0.588. The van der Waals surface area contributed by atoms with Gasteiger partial charge in [0.2, 0.25) is 0 Å². The lowest BCUT2D eigenvalue weighted by atomic mass is 9.93. The number of carboxylic acids is 1. The van der Waals surface area contributed by atoms with Crippen molar-refractivity contribution in [1.82, 2.24) is 4.90 Å². The van der Waals surface area contributed by atoms with Crippen LogP contribution in [0.3, 0.4) is 0 Å². The molecule has 1 aromatic carbocycles. The number of likely N-dealkylation sites (tertiary alicyclic amines) is 1. The monoisotopic (exact) mass is 275 g/mol. The highest BCUT2D eigenvalue weighted by Crippen LogP contribution is 2.23. The van der Waals surface area contributed by atoms with Crippen molar-refractivity contribution in [2.75, 3.05) is 13.1 Å². The predicted octanol–water partition coefficient (Wildman–Crippen LogP) is 3.30. The molecule has 1 N–H and O–H groups in total. The van der Waals surface area contributed by atoms with Gasteiger partial charge >= 0.3 is 5.97 Å². The summed E-state index contributed by atoms with van der Waals surface area (Å²) in [6, 6.07) is 4.54. The lowest BCUT2D eigenvalue weighted by Crippen LogP contribution is -2.36. The molecular formula is C17H25NO2. The molecule has 1 aliphatic heterocycles. The summed E-state index contributed by atoms with van der Waals surface area (Å²) in [6.45, 7) is 9.42. The van der Waals surface area contributed by atoms with E-state index in [4.69, 9.17) is 5.11 Å². The second kappa shape index (κ2) is 6.40. The molecule has 1 saturated heterocycles. The highest BCUT2D eigenvalue weighted by atomic mass is 16.4. The number of hydrogen-bond donors (Lipinski definition) is 1. The van der Waals surface area contributed by atoms with E-state index in [-0.39, 0.29) is 0 Å². The first-order valence-electron chi connectivity index (χ1n) is 7.46. The minimum absolute atomic E-state index is 0.308. The van der Waals surface area contributed by atoms with E-state index in [1.807, 2.05) is 0 Å². The van der Waals surface area contributed by atoms with Crippen LogP contribution in [0, 0.1) is 26.7 Å². The molecule has 3 nitrogen and oxygen atoms in total. The molecule has 20 heavy (non-hydrogen) atoms. The van der Waals surface area contributed by atoms with Crippen LogP contribution in [0.15, 0.2) is 12.1 Å². The van der Waals surface area contributed by atoms with Gasteiger partial charge in [-0.3, -0.25) is 9.69 Å². The molecule has 3 heteroatoms. The average molecular weight is 275 g/mol. The molecule has 0 saturated carbocycles. The number of carboxylic acid groups (broad SMARTS) is 1. The van der Waals surface area contributed by atoms with Gasteiger partial charge < -0.3 is 5.11 Å². The molecule has 0 amide bonds. The Labute approximate surface area is 121 Å². The average Bonchev–Trinajstić information content (AvgIpc) is 2.35. The second-order valence-electron chi connectivity index (χ2n) is 6.20. The Bertz CT molecular complexity index is 496. The summed E-state index contributed by atoms with van der Waals surface area (Å²) in [7, 11) is 0. The summed E-state index contributed by atoms with van der Waals surface area (Å²) >= 11 is 0. The molecule has 2 rings (SSSR count). The van der Waals surface area contributed by atoms with Crippen LogP contribution in [-0.4, -0.2) is 29.1 Å². The standard InChI is InChI=1S/C17H25NO2/c1-12-7-14(3)16(8-13(12)2)11-18-6-4-5-15(10-18)9-17(19)20/h7-8,15H,4-6,9-11H2,1-3H3,(H,19,20). The molecule has 0 spiro atoms. The molecule has 1 aliphatic rings. The second-order valence-corrected chi connectivity index (χ2v) is 6.20. The number of carbonyl (C=O) groups is 1. The van der Waals surface area contributed by atoms with E-state index in [0.29, 0.717) is 12.3 Å². The van der Waals surface area contributed by atoms with Crippen LogP contribution >= 0.6 is 0 Å². The van der Waals surface area contributed by atoms with Gasteiger partial charge in [0.15, 0.2) is 0 Å². The summed E-state index contributed by atoms with van der Waals surface area (Å²) < 4.78 is 0. The van der Waals surface area contributed by atoms with E-state index < -0.39 is 5.97 Å². The van der Waals surface area contributed by atoms with Crippen molar-refractivity contribution in [2.45, 2.75) is 46.6 Å². The van der Waals surface area contributed by atoms with E-state index >= 15 is 0 Å². The lowest BCUT2D eigenvalue weighted by molar-refractivity contribution is -0.138. The quantitative estimate of drug-likeness (QED) is 0.916. The maximum Gasteiger partial charge on any atom is 0.303 e. The smallest absolute Gasteiger partial charge is 0.303 e. The Hall–Kier alpha value is -1.35. The SMILES string of the molecule is Cc1cc(C)c(CN2CCCC(CC(=O)O)C2)cc1C. The molecule has 0 aromatic heterocycles. The van der Waals surface area contributed by atoms with Gasteiger partial charge in [0, 0.05) is 19.5 Å². The van der Waals surface area contributed by atoms with Crippen molar-refractivity contribution in [3.63, 3.8) is 0 Å². The van der Waals surface area contributed by atoms with E-state index in [9.17, 15) is 4.79 Å².